The van der Waals surface area contributed by atoms with E-state index in [1.807, 2.05) is 36.5 Å². The standard InChI is InChI=1S/C18H23N3O2/c22-14-15-7-10-21(11-8-15)16-5-6-18(20-13-16)19-9-1-3-17-4-2-12-23-17/h1-6,12-13,15,22H,7-11,14H2,(H,19,20). The fourth-order valence-electron chi connectivity index (χ4n) is 2.78. The van der Waals surface area contributed by atoms with Gasteiger partial charge in [0.15, 0.2) is 0 Å². The average Bonchev–Trinajstić information content (AvgIpc) is 3.13. The van der Waals surface area contributed by atoms with Crippen molar-refractivity contribution in [3.8, 4) is 0 Å². The van der Waals surface area contributed by atoms with E-state index in [1.165, 1.54) is 0 Å². The smallest absolute Gasteiger partial charge is 0.126 e. The van der Waals surface area contributed by atoms with Crippen molar-refractivity contribution in [2.45, 2.75) is 12.8 Å². The van der Waals surface area contributed by atoms with Gasteiger partial charge in [-0.25, -0.2) is 4.98 Å². The molecule has 0 bridgehead atoms. The number of nitrogens with one attached hydrogen (secondary N) is 1. The number of aromatic nitrogens is 1. The van der Waals surface area contributed by atoms with Gasteiger partial charge < -0.3 is 19.7 Å². The summed E-state index contributed by atoms with van der Waals surface area (Å²) in [5.41, 5.74) is 1.15. The molecule has 0 unspecified atom stereocenters. The van der Waals surface area contributed by atoms with Crippen LogP contribution >= 0.6 is 0 Å². The molecule has 3 rings (SSSR count). The fraction of sp³-hybridized carbons (Fsp3) is 0.389. The van der Waals surface area contributed by atoms with Gasteiger partial charge in [-0.2, -0.15) is 0 Å². The Morgan fingerprint density at radius 1 is 1.30 bits per heavy atom. The number of aliphatic hydroxyl groups is 1. The Kier molecular flexibility index (Phi) is 5.32. The first-order valence-corrected chi connectivity index (χ1v) is 8.11. The van der Waals surface area contributed by atoms with Crippen LogP contribution in [0.3, 0.4) is 0 Å². The quantitative estimate of drug-likeness (QED) is 0.858. The second-order valence-corrected chi connectivity index (χ2v) is 5.81. The summed E-state index contributed by atoms with van der Waals surface area (Å²) in [5.74, 6) is 2.17. The normalized spacial score (nSPS) is 16.1. The van der Waals surface area contributed by atoms with E-state index in [1.54, 1.807) is 6.26 Å². The number of piperidine rings is 1. The number of pyridine rings is 1. The van der Waals surface area contributed by atoms with Crippen LogP contribution in [0.1, 0.15) is 18.6 Å². The largest absolute Gasteiger partial charge is 0.465 e. The van der Waals surface area contributed by atoms with Crippen molar-refractivity contribution in [3.63, 3.8) is 0 Å². The molecule has 2 aromatic heterocycles. The van der Waals surface area contributed by atoms with E-state index in [-0.39, 0.29) is 0 Å². The lowest BCUT2D eigenvalue weighted by molar-refractivity contribution is 0.203. The van der Waals surface area contributed by atoms with Crippen LogP contribution < -0.4 is 10.2 Å². The third-order valence-electron chi connectivity index (χ3n) is 4.21. The lowest BCUT2D eigenvalue weighted by Gasteiger charge is -2.32. The van der Waals surface area contributed by atoms with Crippen molar-refractivity contribution in [1.29, 1.82) is 0 Å². The number of hydrogen-bond acceptors (Lipinski definition) is 5. The summed E-state index contributed by atoms with van der Waals surface area (Å²) in [5, 5.41) is 12.5. The van der Waals surface area contributed by atoms with Crippen molar-refractivity contribution >= 4 is 17.6 Å². The van der Waals surface area contributed by atoms with Crippen molar-refractivity contribution in [2.24, 2.45) is 5.92 Å². The zero-order valence-electron chi connectivity index (χ0n) is 13.2. The molecule has 1 fully saturated rings. The maximum absolute atomic E-state index is 9.20. The number of rotatable bonds is 6. The SMILES string of the molecule is OCC1CCN(c2ccc(NCC=Cc3ccco3)nc2)CC1. The maximum Gasteiger partial charge on any atom is 0.126 e. The van der Waals surface area contributed by atoms with Gasteiger partial charge in [-0.3, -0.25) is 0 Å². The molecule has 0 spiro atoms. The zero-order chi connectivity index (χ0) is 15.9. The van der Waals surface area contributed by atoms with Crippen LogP contribution in [0.15, 0.2) is 47.2 Å². The summed E-state index contributed by atoms with van der Waals surface area (Å²) in [6, 6.07) is 7.90. The van der Waals surface area contributed by atoms with Crippen LogP contribution in [0.4, 0.5) is 11.5 Å². The highest BCUT2D eigenvalue weighted by molar-refractivity contribution is 5.50. The molecular weight excluding hydrogens is 290 g/mol. The van der Waals surface area contributed by atoms with Crippen LogP contribution in [0, 0.1) is 5.92 Å². The molecule has 2 aromatic rings. The number of aliphatic hydroxyl groups excluding tert-OH is 1. The predicted molar refractivity (Wildman–Crippen MR) is 92.5 cm³/mol. The molecule has 3 heterocycles. The lowest BCUT2D eigenvalue weighted by Crippen LogP contribution is -2.34. The second kappa shape index (κ2) is 7.83. The fourth-order valence-corrected chi connectivity index (χ4v) is 2.78. The average molecular weight is 313 g/mol. The highest BCUT2D eigenvalue weighted by Gasteiger charge is 2.18. The number of anilines is 2. The molecule has 1 aliphatic heterocycles. The number of nitrogens with zero attached hydrogens (tertiary/aromatic N) is 2. The van der Waals surface area contributed by atoms with Gasteiger partial charge in [0.2, 0.25) is 0 Å². The van der Waals surface area contributed by atoms with Crippen LogP contribution in [-0.4, -0.2) is 36.3 Å². The molecule has 1 saturated heterocycles. The van der Waals surface area contributed by atoms with E-state index in [4.69, 9.17) is 4.42 Å². The van der Waals surface area contributed by atoms with Crippen LogP contribution in [0.2, 0.25) is 0 Å². The van der Waals surface area contributed by atoms with E-state index < -0.39 is 0 Å². The number of furan rings is 1. The predicted octanol–water partition coefficient (Wildman–Crippen LogP) is 3.01. The van der Waals surface area contributed by atoms with Crippen LogP contribution in [0.5, 0.6) is 0 Å². The van der Waals surface area contributed by atoms with Gasteiger partial charge in [0, 0.05) is 26.2 Å². The molecule has 1 aliphatic rings. The Bertz CT molecular complexity index is 600. The minimum absolute atomic E-state index is 0.306. The Hall–Kier alpha value is -2.27. The zero-order valence-corrected chi connectivity index (χ0v) is 13.2. The van der Waals surface area contributed by atoms with E-state index in [0.717, 1.165) is 43.2 Å². The highest BCUT2D eigenvalue weighted by atomic mass is 16.3. The van der Waals surface area contributed by atoms with Gasteiger partial charge in [-0.05, 0) is 49.1 Å². The summed E-state index contributed by atoms with van der Waals surface area (Å²) in [4.78, 5) is 6.80. The van der Waals surface area contributed by atoms with Crippen LogP contribution in [0.25, 0.3) is 6.08 Å². The molecule has 0 saturated carbocycles. The first kappa shape index (κ1) is 15.6. The molecule has 0 amide bonds. The summed E-state index contributed by atoms with van der Waals surface area (Å²) in [6.07, 6.45) is 9.62. The van der Waals surface area contributed by atoms with Crippen molar-refractivity contribution in [2.75, 3.05) is 36.5 Å². The molecule has 0 aromatic carbocycles. The van der Waals surface area contributed by atoms with Crippen molar-refractivity contribution in [1.82, 2.24) is 4.98 Å². The van der Waals surface area contributed by atoms with E-state index in [2.05, 4.69) is 21.3 Å². The summed E-state index contributed by atoms with van der Waals surface area (Å²) in [7, 11) is 0. The molecule has 5 nitrogen and oxygen atoms in total. The molecule has 0 aliphatic carbocycles. The first-order chi connectivity index (χ1) is 11.3. The van der Waals surface area contributed by atoms with E-state index in [0.29, 0.717) is 19.1 Å². The first-order valence-electron chi connectivity index (χ1n) is 8.11. The Balaban J connectivity index is 1.47. The van der Waals surface area contributed by atoms with Crippen LogP contribution in [-0.2, 0) is 0 Å². The molecule has 122 valence electrons. The topological polar surface area (TPSA) is 61.5 Å². The molecular formula is C18H23N3O2. The monoisotopic (exact) mass is 313 g/mol. The lowest BCUT2D eigenvalue weighted by atomic mass is 9.98. The molecule has 0 atom stereocenters. The summed E-state index contributed by atoms with van der Waals surface area (Å²) < 4.78 is 5.23. The molecule has 0 radical (unpaired) electrons. The van der Waals surface area contributed by atoms with Gasteiger partial charge in [0.25, 0.3) is 0 Å². The van der Waals surface area contributed by atoms with Crippen molar-refractivity contribution < 1.29 is 9.52 Å². The maximum atomic E-state index is 9.20. The second-order valence-electron chi connectivity index (χ2n) is 5.81. The third-order valence-corrected chi connectivity index (χ3v) is 4.21. The van der Waals surface area contributed by atoms with Gasteiger partial charge in [-0.1, -0.05) is 6.08 Å². The number of hydrogen-bond donors (Lipinski definition) is 2. The molecule has 23 heavy (non-hydrogen) atoms. The van der Waals surface area contributed by atoms with Crippen molar-refractivity contribution in [3.05, 3.63) is 48.6 Å². The molecule has 2 N–H and O–H groups in total. The summed E-state index contributed by atoms with van der Waals surface area (Å²) in [6.45, 7) is 2.99. The third kappa shape index (κ3) is 4.36. The van der Waals surface area contributed by atoms with Gasteiger partial charge in [0.1, 0.15) is 11.6 Å². The van der Waals surface area contributed by atoms with Gasteiger partial charge in [0.05, 0.1) is 18.1 Å². The highest BCUT2D eigenvalue weighted by Crippen LogP contribution is 2.23. The Morgan fingerprint density at radius 2 is 2.17 bits per heavy atom. The van der Waals surface area contributed by atoms with E-state index >= 15 is 0 Å². The Labute approximate surface area is 136 Å². The van der Waals surface area contributed by atoms with Gasteiger partial charge in [-0.15, -0.1) is 0 Å². The minimum atomic E-state index is 0.306. The summed E-state index contributed by atoms with van der Waals surface area (Å²) >= 11 is 0. The van der Waals surface area contributed by atoms with Gasteiger partial charge >= 0.3 is 0 Å². The molecule has 5 heteroatoms. The Morgan fingerprint density at radius 3 is 2.83 bits per heavy atom. The minimum Gasteiger partial charge on any atom is -0.465 e. The van der Waals surface area contributed by atoms with E-state index in [9.17, 15) is 5.11 Å².